The molecule has 1 aliphatic heterocycles. The number of fused-ring (bicyclic) bond motifs is 1. The van der Waals surface area contributed by atoms with Crippen molar-refractivity contribution in [2.75, 3.05) is 6.61 Å². The Morgan fingerprint density at radius 2 is 2.29 bits per heavy atom. The molecule has 0 saturated heterocycles. The maximum atomic E-state index is 12.1. The second-order valence-corrected chi connectivity index (χ2v) is 4.99. The maximum absolute atomic E-state index is 12.1. The molecule has 3 nitrogen and oxygen atoms in total. The molecule has 3 rings (SSSR count). The molecule has 0 aromatic heterocycles. The molecule has 1 heterocycles. The number of allylic oxidation sites excluding steroid dienone is 2. The third-order valence-corrected chi connectivity index (χ3v) is 3.21. The summed E-state index contributed by atoms with van der Waals surface area (Å²) in [5.74, 6) is -0.531. The fourth-order valence-electron chi connectivity index (χ4n) is 2.10. The molecule has 0 N–H and O–H groups in total. The summed E-state index contributed by atoms with van der Waals surface area (Å²) in [5.41, 5.74) is 2.29. The van der Waals surface area contributed by atoms with Crippen LogP contribution in [0.15, 0.2) is 58.6 Å². The van der Waals surface area contributed by atoms with Crippen molar-refractivity contribution >= 4 is 12.2 Å². The molecule has 1 unspecified atom stereocenters. The minimum Gasteiger partial charge on any atom is -0.462 e. The molecule has 1 aromatic rings. The van der Waals surface area contributed by atoms with Gasteiger partial charge in [-0.2, -0.15) is 18.6 Å². The fraction of sp³-hybridized carbons (Fsp3) is 0.211. The number of carbonyl (C=O) groups excluding carboxylic acids is 1. The summed E-state index contributed by atoms with van der Waals surface area (Å²) in [6, 6.07) is 6.31. The van der Waals surface area contributed by atoms with E-state index in [9.17, 15) is 9.18 Å². The molecule has 0 radical (unpaired) electrons. The van der Waals surface area contributed by atoms with E-state index in [0.717, 1.165) is 12.0 Å². The number of carbonyl (C=O) groups is 1. The number of nitrogens with zero attached hydrogens (tertiary/aromatic N) is 1. The zero-order valence-electron chi connectivity index (χ0n) is 13.5. The Morgan fingerprint density at radius 3 is 2.92 bits per heavy atom. The van der Waals surface area contributed by atoms with Gasteiger partial charge in [0.1, 0.15) is 0 Å². The van der Waals surface area contributed by atoms with E-state index in [-0.39, 0.29) is 48.9 Å². The number of esters is 1. The third kappa shape index (κ3) is 6.15. The number of rotatable bonds is 2. The minimum atomic E-state index is -0.306. The molecule has 0 spiro atoms. The van der Waals surface area contributed by atoms with Crippen molar-refractivity contribution in [3.8, 4) is 0 Å². The number of halogens is 1. The predicted octanol–water partition coefficient (Wildman–Crippen LogP) is 3.63. The summed E-state index contributed by atoms with van der Waals surface area (Å²) >= 11 is 0. The number of dihydropyridines is 1. The number of hydrogen-bond acceptors (Lipinski definition) is 3. The number of benzene rings is 1. The van der Waals surface area contributed by atoms with Crippen LogP contribution in [0, 0.1) is 49.9 Å². The van der Waals surface area contributed by atoms with Gasteiger partial charge in [0.05, 0.1) is 18.0 Å². The summed E-state index contributed by atoms with van der Waals surface area (Å²) < 4.78 is 17.0. The molecule has 122 valence electrons. The molecule has 0 amide bonds. The van der Waals surface area contributed by atoms with Crippen LogP contribution in [0.25, 0.3) is 0 Å². The Balaban J connectivity index is 0.000000273. The predicted molar refractivity (Wildman–Crippen MR) is 88.4 cm³/mol. The molecule has 2 aliphatic rings. The van der Waals surface area contributed by atoms with Gasteiger partial charge in [0.2, 0.25) is 0 Å². The van der Waals surface area contributed by atoms with Crippen LogP contribution in [0.4, 0.5) is 4.39 Å². The summed E-state index contributed by atoms with van der Waals surface area (Å²) in [4.78, 5) is 15.7. The molecule has 0 saturated carbocycles. The van der Waals surface area contributed by atoms with E-state index in [1.165, 1.54) is 12.1 Å². The largest absolute Gasteiger partial charge is 2.00 e. The molecule has 24 heavy (non-hydrogen) atoms. The van der Waals surface area contributed by atoms with Crippen molar-refractivity contribution in [2.24, 2.45) is 4.99 Å². The van der Waals surface area contributed by atoms with Gasteiger partial charge in [0.15, 0.2) is 0 Å². The SMILES string of the molecule is CCOC(=O)C1=CC2=CC=[C-]CC2N=C1.[CH2-]c1cccc(F)c1.[U+2]. The molecular formula is C19H18FNO2U. The van der Waals surface area contributed by atoms with Gasteiger partial charge in [0, 0.05) is 12.3 Å². The topological polar surface area (TPSA) is 38.7 Å². The number of aliphatic imine (C=N–C) groups is 1. The Labute approximate surface area is 165 Å². The van der Waals surface area contributed by atoms with E-state index >= 15 is 0 Å². The first-order valence-corrected chi connectivity index (χ1v) is 7.36. The van der Waals surface area contributed by atoms with Crippen LogP contribution in [0.5, 0.6) is 0 Å². The Bertz CT molecular complexity index is 675. The van der Waals surface area contributed by atoms with E-state index in [2.05, 4.69) is 18.0 Å². The molecule has 5 heteroatoms. The smallest absolute Gasteiger partial charge is 0.462 e. The second-order valence-electron chi connectivity index (χ2n) is 4.99. The Hall–Kier alpha value is -1.57. The number of ether oxygens (including phenoxy) is 1. The van der Waals surface area contributed by atoms with E-state index in [1.807, 2.05) is 18.2 Å². The van der Waals surface area contributed by atoms with Crippen LogP contribution in [0.3, 0.4) is 0 Å². The van der Waals surface area contributed by atoms with Gasteiger partial charge in [-0.1, -0.05) is 18.6 Å². The van der Waals surface area contributed by atoms with Crippen molar-refractivity contribution in [1.29, 1.82) is 0 Å². The summed E-state index contributed by atoms with van der Waals surface area (Å²) in [6.45, 7) is 5.72. The molecule has 1 atom stereocenters. The van der Waals surface area contributed by atoms with Crippen LogP contribution < -0.4 is 0 Å². The van der Waals surface area contributed by atoms with Gasteiger partial charge >= 0.3 is 37.1 Å². The molecule has 0 fully saturated rings. The van der Waals surface area contributed by atoms with Crippen LogP contribution in [0.2, 0.25) is 0 Å². The maximum Gasteiger partial charge on any atom is 2.00 e. The van der Waals surface area contributed by atoms with E-state index in [1.54, 1.807) is 25.3 Å². The van der Waals surface area contributed by atoms with Gasteiger partial charge in [-0.25, -0.2) is 21.3 Å². The van der Waals surface area contributed by atoms with Crippen LogP contribution >= 0.6 is 0 Å². The van der Waals surface area contributed by atoms with E-state index in [4.69, 9.17) is 4.74 Å². The number of hydrogen-bond donors (Lipinski definition) is 0. The fourth-order valence-corrected chi connectivity index (χ4v) is 2.10. The summed E-state index contributed by atoms with van der Waals surface area (Å²) in [6.07, 6.45) is 11.1. The first-order chi connectivity index (χ1) is 11.1. The zero-order valence-corrected chi connectivity index (χ0v) is 17.6. The van der Waals surface area contributed by atoms with E-state index < -0.39 is 0 Å². The van der Waals surface area contributed by atoms with Crippen molar-refractivity contribution in [3.63, 3.8) is 0 Å². The second kappa shape index (κ2) is 10.3. The summed E-state index contributed by atoms with van der Waals surface area (Å²) in [7, 11) is 0. The molecule has 1 aromatic carbocycles. The van der Waals surface area contributed by atoms with Crippen LogP contribution in [-0.4, -0.2) is 24.8 Å². The standard InChI is InChI=1S/C12H12NO2.C7H6F.U/c1-2-15-12(14)10-7-9-5-3-4-6-11(9)13-8-10;1-6-3-2-4-7(8)5-6;/h3,5,7-8,11H,2,6H2,1H3;2-5H,1H2;/q2*-1;+2. The molecule has 0 bridgehead atoms. The first kappa shape index (κ1) is 20.5. The van der Waals surface area contributed by atoms with Crippen LogP contribution in [0.1, 0.15) is 18.9 Å². The normalized spacial score (nSPS) is 17.3. The van der Waals surface area contributed by atoms with Gasteiger partial charge in [0.25, 0.3) is 0 Å². The van der Waals surface area contributed by atoms with E-state index in [0.29, 0.717) is 17.7 Å². The zero-order chi connectivity index (χ0) is 16.7. The first-order valence-electron chi connectivity index (χ1n) is 7.36. The molecule has 1 aliphatic carbocycles. The molecular weight excluding hydrogens is 531 g/mol. The monoisotopic (exact) mass is 549 g/mol. The Morgan fingerprint density at radius 1 is 1.50 bits per heavy atom. The van der Waals surface area contributed by atoms with Gasteiger partial charge in [-0.3, -0.25) is 11.1 Å². The average molecular weight is 549 g/mol. The van der Waals surface area contributed by atoms with Crippen molar-refractivity contribution < 1.29 is 45.0 Å². The third-order valence-electron chi connectivity index (χ3n) is 3.21. The van der Waals surface area contributed by atoms with Crippen molar-refractivity contribution in [1.82, 2.24) is 0 Å². The van der Waals surface area contributed by atoms with Crippen LogP contribution in [-0.2, 0) is 9.53 Å². The average Bonchev–Trinajstić information content (AvgIpc) is 2.55. The van der Waals surface area contributed by atoms with Gasteiger partial charge in [-0.05, 0) is 6.92 Å². The van der Waals surface area contributed by atoms with Crippen molar-refractivity contribution in [3.05, 3.63) is 78.0 Å². The van der Waals surface area contributed by atoms with Gasteiger partial charge in [-0.15, -0.1) is 17.7 Å². The quantitative estimate of drug-likeness (QED) is 0.418. The minimum absolute atomic E-state index is 0. The summed E-state index contributed by atoms with van der Waals surface area (Å²) in [5, 5.41) is 0. The van der Waals surface area contributed by atoms with Crippen molar-refractivity contribution in [2.45, 2.75) is 19.4 Å². The Kier molecular flexibility index (Phi) is 8.81. The van der Waals surface area contributed by atoms with Gasteiger partial charge < -0.3 is 4.74 Å².